The fraction of sp³-hybridized carbons (Fsp3) is 0.400. The second kappa shape index (κ2) is 7.46. The molecule has 0 aliphatic heterocycles. The summed E-state index contributed by atoms with van der Waals surface area (Å²) in [6.07, 6.45) is 3.28. The van der Waals surface area contributed by atoms with Crippen LogP contribution in [-0.4, -0.2) is 23.7 Å². The van der Waals surface area contributed by atoms with Crippen LogP contribution in [0.15, 0.2) is 28.7 Å². The van der Waals surface area contributed by atoms with Crippen molar-refractivity contribution in [3.05, 3.63) is 39.9 Å². The summed E-state index contributed by atoms with van der Waals surface area (Å²) < 4.78 is 0.966. The highest BCUT2D eigenvalue weighted by Crippen LogP contribution is 2.19. The Morgan fingerprint density at radius 2 is 2.16 bits per heavy atom. The number of amides is 1. The van der Waals surface area contributed by atoms with Crippen LogP contribution in [0, 0.1) is 12.8 Å². The van der Waals surface area contributed by atoms with E-state index in [2.05, 4.69) is 21.2 Å². The van der Waals surface area contributed by atoms with Gasteiger partial charge in [-0.15, -0.1) is 0 Å². The monoisotopic (exact) mass is 325 g/mol. The predicted molar refractivity (Wildman–Crippen MR) is 81.8 cm³/mol. The SMILES string of the molecule is Cc1ccc(/C=C/C(=O)NC(C)C(C)CO)c(Br)c1. The molecule has 0 aliphatic rings. The number of hydrogen-bond acceptors (Lipinski definition) is 2. The first-order chi connectivity index (χ1) is 8.93. The van der Waals surface area contributed by atoms with Crippen LogP contribution in [0.25, 0.3) is 6.08 Å². The van der Waals surface area contributed by atoms with Crippen molar-refractivity contribution in [3.8, 4) is 0 Å². The molecule has 104 valence electrons. The highest BCUT2D eigenvalue weighted by atomic mass is 79.9. The molecule has 1 aromatic rings. The molecule has 2 unspecified atom stereocenters. The van der Waals surface area contributed by atoms with Gasteiger partial charge in [0.15, 0.2) is 0 Å². The van der Waals surface area contributed by atoms with Crippen LogP contribution in [0.4, 0.5) is 0 Å². The summed E-state index contributed by atoms with van der Waals surface area (Å²) in [6, 6.07) is 5.92. The van der Waals surface area contributed by atoms with E-state index in [1.807, 2.05) is 39.0 Å². The molecule has 0 aromatic heterocycles. The van der Waals surface area contributed by atoms with Crippen molar-refractivity contribution in [3.63, 3.8) is 0 Å². The number of aliphatic hydroxyl groups excluding tert-OH is 1. The fourth-order valence-corrected chi connectivity index (χ4v) is 2.13. The topological polar surface area (TPSA) is 49.3 Å². The van der Waals surface area contributed by atoms with Gasteiger partial charge in [0.25, 0.3) is 0 Å². The normalized spacial score (nSPS) is 14.4. The van der Waals surface area contributed by atoms with E-state index in [1.54, 1.807) is 6.08 Å². The molecule has 0 saturated carbocycles. The van der Waals surface area contributed by atoms with Gasteiger partial charge >= 0.3 is 0 Å². The van der Waals surface area contributed by atoms with Crippen LogP contribution < -0.4 is 5.32 Å². The van der Waals surface area contributed by atoms with Gasteiger partial charge in [0.05, 0.1) is 0 Å². The number of hydrogen-bond donors (Lipinski definition) is 2. The van der Waals surface area contributed by atoms with Crippen molar-refractivity contribution in [1.82, 2.24) is 5.32 Å². The maximum atomic E-state index is 11.7. The minimum atomic E-state index is -0.153. The van der Waals surface area contributed by atoms with E-state index < -0.39 is 0 Å². The van der Waals surface area contributed by atoms with Gasteiger partial charge in [0.1, 0.15) is 0 Å². The average molecular weight is 326 g/mol. The van der Waals surface area contributed by atoms with Gasteiger partial charge in [-0.05, 0) is 43.0 Å². The van der Waals surface area contributed by atoms with Crippen LogP contribution in [0.1, 0.15) is 25.0 Å². The quantitative estimate of drug-likeness (QED) is 0.818. The second-order valence-electron chi connectivity index (χ2n) is 4.82. The number of halogens is 1. The molecule has 4 heteroatoms. The number of nitrogens with one attached hydrogen (secondary N) is 1. The van der Waals surface area contributed by atoms with Crippen molar-refractivity contribution in [2.75, 3.05) is 6.61 Å². The van der Waals surface area contributed by atoms with Crippen LogP contribution >= 0.6 is 15.9 Å². The molecule has 2 N–H and O–H groups in total. The van der Waals surface area contributed by atoms with E-state index in [1.165, 1.54) is 11.6 Å². The number of benzene rings is 1. The molecule has 0 heterocycles. The van der Waals surface area contributed by atoms with E-state index in [0.29, 0.717) is 0 Å². The summed E-state index contributed by atoms with van der Waals surface area (Å²) in [5.41, 5.74) is 2.13. The molecule has 0 bridgehead atoms. The lowest BCUT2D eigenvalue weighted by molar-refractivity contribution is -0.117. The summed E-state index contributed by atoms with van der Waals surface area (Å²) in [6.45, 7) is 5.86. The number of aliphatic hydroxyl groups is 1. The van der Waals surface area contributed by atoms with Crippen molar-refractivity contribution in [1.29, 1.82) is 0 Å². The minimum absolute atomic E-state index is 0.0449. The van der Waals surface area contributed by atoms with E-state index >= 15 is 0 Å². The number of rotatable bonds is 5. The fourth-order valence-electron chi connectivity index (χ4n) is 1.51. The van der Waals surface area contributed by atoms with Gasteiger partial charge in [-0.2, -0.15) is 0 Å². The van der Waals surface area contributed by atoms with Gasteiger partial charge in [-0.25, -0.2) is 0 Å². The lowest BCUT2D eigenvalue weighted by Crippen LogP contribution is -2.37. The molecule has 2 atom stereocenters. The molecule has 0 saturated heterocycles. The van der Waals surface area contributed by atoms with Crippen molar-refractivity contribution < 1.29 is 9.90 Å². The van der Waals surface area contributed by atoms with Crippen LogP contribution in [-0.2, 0) is 4.79 Å². The highest BCUT2D eigenvalue weighted by molar-refractivity contribution is 9.10. The smallest absolute Gasteiger partial charge is 0.244 e. The Kier molecular flexibility index (Phi) is 6.25. The van der Waals surface area contributed by atoms with E-state index in [0.717, 1.165) is 10.0 Å². The van der Waals surface area contributed by atoms with Gasteiger partial charge in [-0.3, -0.25) is 4.79 Å². The zero-order valence-corrected chi connectivity index (χ0v) is 13.1. The molecule has 0 fully saturated rings. The highest BCUT2D eigenvalue weighted by Gasteiger charge is 2.12. The van der Waals surface area contributed by atoms with Crippen LogP contribution in [0.2, 0.25) is 0 Å². The van der Waals surface area contributed by atoms with Crippen LogP contribution in [0.5, 0.6) is 0 Å². The molecule has 19 heavy (non-hydrogen) atoms. The molecule has 3 nitrogen and oxygen atoms in total. The summed E-state index contributed by atoms with van der Waals surface area (Å²) in [5.74, 6) is -0.108. The predicted octanol–water partition coefficient (Wildman–Crippen LogP) is 2.90. The molecule has 1 aromatic carbocycles. The first-order valence-electron chi connectivity index (χ1n) is 6.29. The Morgan fingerprint density at radius 3 is 2.74 bits per heavy atom. The molecule has 0 radical (unpaired) electrons. The third kappa shape index (κ3) is 5.17. The van der Waals surface area contributed by atoms with Crippen LogP contribution in [0.3, 0.4) is 0 Å². The van der Waals surface area contributed by atoms with E-state index in [4.69, 9.17) is 5.11 Å². The molecule has 0 aliphatic carbocycles. The first-order valence-corrected chi connectivity index (χ1v) is 7.09. The number of carbonyl (C=O) groups is 1. The summed E-state index contributed by atoms with van der Waals surface area (Å²) in [5, 5.41) is 11.8. The van der Waals surface area contributed by atoms with E-state index in [-0.39, 0.29) is 24.5 Å². The average Bonchev–Trinajstić information content (AvgIpc) is 2.36. The second-order valence-corrected chi connectivity index (χ2v) is 5.67. The standard InChI is InChI=1S/C15H20BrNO2/c1-10-4-5-13(14(16)8-10)6-7-15(19)17-12(3)11(2)9-18/h4-8,11-12,18H,9H2,1-3H3,(H,17,19)/b7-6+. The molecular formula is C15H20BrNO2. The Bertz CT molecular complexity index is 471. The largest absolute Gasteiger partial charge is 0.396 e. The summed E-state index contributed by atoms with van der Waals surface area (Å²) >= 11 is 3.47. The van der Waals surface area contributed by atoms with Gasteiger partial charge in [-0.1, -0.05) is 35.0 Å². The van der Waals surface area contributed by atoms with Gasteiger partial charge in [0.2, 0.25) is 5.91 Å². The van der Waals surface area contributed by atoms with Crippen molar-refractivity contribution in [2.24, 2.45) is 5.92 Å². The lowest BCUT2D eigenvalue weighted by Gasteiger charge is -2.18. The third-order valence-corrected chi connectivity index (χ3v) is 3.77. The Balaban J connectivity index is 2.63. The molecule has 1 amide bonds. The number of aryl methyl sites for hydroxylation is 1. The zero-order chi connectivity index (χ0) is 14.4. The van der Waals surface area contributed by atoms with Gasteiger partial charge < -0.3 is 10.4 Å². The maximum absolute atomic E-state index is 11.7. The summed E-state index contributed by atoms with van der Waals surface area (Å²) in [7, 11) is 0. The Hall–Kier alpha value is -1.13. The van der Waals surface area contributed by atoms with Crippen molar-refractivity contribution >= 4 is 27.9 Å². The Morgan fingerprint density at radius 1 is 1.47 bits per heavy atom. The number of carbonyl (C=O) groups excluding carboxylic acids is 1. The minimum Gasteiger partial charge on any atom is -0.396 e. The lowest BCUT2D eigenvalue weighted by atomic mass is 10.1. The molecular weight excluding hydrogens is 306 g/mol. The molecule has 1 rings (SSSR count). The van der Waals surface area contributed by atoms with Crippen molar-refractivity contribution in [2.45, 2.75) is 26.8 Å². The first kappa shape index (κ1) is 15.9. The maximum Gasteiger partial charge on any atom is 0.244 e. The summed E-state index contributed by atoms with van der Waals surface area (Å²) in [4.78, 5) is 11.7. The zero-order valence-electron chi connectivity index (χ0n) is 11.5. The molecule has 0 spiro atoms. The Labute approximate surface area is 122 Å². The third-order valence-electron chi connectivity index (χ3n) is 3.08. The van der Waals surface area contributed by atoms with E-state index in [9.17, 15) is 4.79 Å². The van der Waals surface area contributed by atoms with Gasteiger partial charge in [0, 0.05) is 23.2 Å².